The smallest absolute Gasteiger partial charge is 0.246 e. The van der Waals surface area contributed by atoms with E-state index in [9.17, 15) is 8.42 Å². The molecule has 0 aromatic heterocycles. The van der Waals surface area contributed by atoms with Crippen molar-refractivity contribution < 1.29 is 13.2 Å². The van der Waals surface area contributed by atoms with Crippen LogP contribution in [0.2, 0.25) is 0 Å². The SMILES string of the molecule is COc1ccc(Br)cc1S(=O)(=O)N(CC(C)C)CC(C)C. The van der Waals surface area contributed by atoms with Crippen molar-refractivity contribution in [2.24, 2.45) is 11.8 Å². The molecule has 0 radical (unpaired) electrons. The summed E-state index contributed by atoms with van der Waals surface area (Å²) < 4.78 is 33.4. The van der Waals surface area contributed by atoms with Gasteiger partial charge in [-0.2, -0.15) is 4.31 Å². The van der Waals surface area contributed by atoms with Crippen molar-refractivity contribution in [1.29, 1.82) is 0 Å². The van der Waals surface area contributed by atoms with Crippen LogP contribution in [0.25, 0.3) is 0 Å². The van der Waals surface area contributed by atoms with Gasteiger partial charge in [-0.3, -0.25) is 0 Å². The van der Waals surface area contributed by atoms with Gasteiger partial charge in [-0.1, -0.05) is 43.6 Å². The molecule has 0 bridgehead atoms. The lowest BCUT2D eigenvalue weighted by Gasteiger charge is -2.26. The van der Waals surface area contributed by atoms with Crippen molar-refractivity contribution in [3.8, 4) is 5.75 Å². The van der Waals surface area contributed by atoms with Gasteiger partial charge >= 0.3 is 0 Å². The fourth-order valence-corrected chi connectivity index (χ4v) is 4.54. The Labute approximate surface area is 136 Å². The van der Waals surface area contributed by atoms with Gasteiger partial charge in [0.2, 0.25) is 10.0 Å². The summed E-state index contributed by atoms with van der Waals surface area (Å²) in [5, 5.41) is 0. The Balaban J connectivity index is 3.30. The molecule has 0 saturated carbocycles. The average Bonchev–Trinajstić information content (AvgIpc) is 2.36. The zero-order valence-electron chi connectivity index (χ0n) is 13.3. The molecular weight excluding hydrogens is 354 g/mol. The van der Waals surface area contributed by atoms with Gasteiger partial charge in [0.05, 0.1) is 7.11 Å². The zero-order chi connectivity index (χ0) is 16.2. The number of ether oxygens (including phenoxy) is 1. The average molecular weight is 378 g/mol. The van der Waals surface area contributed by atoms with E-state index in [0.29, 0.717) is 18.8 Å². The summed E-state index contributed by atoms with van der Waals surface area (Å²) in [4.78, 5) is 0.209. The summed E-state index contributed by atoms with van der Waals surface area (Å²) >= 11 is 3.33. The number of benzene rings is 1. The van der Waals surface area contributed by atoms with Crippen LogP contribution in [-0.4, -0.2) is 32.9 Å². The van der Waals surface area contributed by atoms with E-state index < -0.39 is 10.0 Å². The van der Waals surface area contributed by atoms with Gasteiger partial charge in [0.1, 0.15) is 10.6 Å². The highest BCUT2D eigenvalue weighted by atomic mass is 79.9. The van der Waals surface area contributed by atoms with E-state index in [2.05, 4.69) is 15.9 Å². The molecule has 1 aromatic rings. The molecule has 4 nitrogen and oxygen atoms in total. The number of rotatable bonds is 7. The first-order chi connectivity index (χ1) is 9.68. The first-order valence-electron chi connectivity index (χ1n) is 7.02. The summed E-state index contributed by atoms with van der Waals surface area (Å²) in [7, 11) is -2.09. The predicted octanol–water partition coefficient (Wildman–Crippen LogP) is 3.76. The topological polar surface area (TPSA) is 46.6 Å². The minimum absolute atomic E-state index is 0.209. The van der Waals surface area contributed by atoms with Crippen LogP contribution in [0.3, 0.4) is 0 Å². The van der Waals surface area contributed by atoms with E-state index >= 15 is 0 Å². The Hall–Kier alpha value is -0.590. The third-order valence-corrected chi connectivity index (χ3v) is 5.23. The minimum Gasteiger partial charge on any atom is -0.495 e. The molecule has 0 spiro atoms. The van der Waals surface area contributed by atoms with E-state index in [1.54, 1.807) is 22.5 Å². The molecule has 0 atom stereocenters. The van der Waals surface area contributed by atoms with E-state index in [1.807, 2.05) is 27.7 Å². The van der Waals surface area contributed by atoms with Crippen molar-refractivity contribution in [2.45, 2.75) is 32.6 Å². The highest BCUT2D eigenvalue weighted by molar-refractivity contribution is 9.10. The summed E-state index contributed by atoms with van der Waals surface area (Å²) in [5.74, 6) is 0.893. The number of halogens is 1. The lowest BCUT2D eigenvalue weighted by molar-refractivity contribution is 0.330. The van der Waals surface area contributed by atoms with E-state index in [0.717, 1.165) is 4.47 Å². The Kier molecular flexibility index (Phi) is 6.69. The number of hydrogen-bond acceptors (Lipinski definition) is 3. The zero-order valence-corrected chi connectivity index (χ0v) is 15.7. The van der Waals surface area contributed by atoms with Gasteiger partial charge in [-0.25, -0.2) is 8.42 Å². The maximum atomic E-state index is 13.0. The van der Waals surface area contributed by atoms with Crippen LogP contribution < -0.4 is 4.74 Å². The molecule has 1 aromatic carbocycles. The van der Waals surface area contributed by atoms with E-state index in [1.165, 1.54) is 7.11 Å². The van der Waals surface area contributed by atoms with Crippen molar-refractivity contribution in [3.05, 3.63) is 22.7 Å². The lowest BCUT2D eigenvalue weighted by Crippen LogP contribution is -2.37. The van der Waals surface area contributed by atoms with E-state index in [4.69, 9.17) is 4.74 Å². The van der Waals surface area contributed by atoms with Crippen molar-refractivity contribution in [3.63, 3.8) is 0 Å². The standard InChI is InChI=1S/C15H24BrNO3S/c1-11(2)9-17(10-12(3)4)21(18,19)15-8-13(16)6-7-14(15)20-5/h6-8,11-12H,9-10H2,1-5H3. The van der Waals surface area contributed by atoms with Crippen molar-refractivity contribution >= 4 is 26.0 Å². The van der Waals surface area contributed by atoms with E-state index in [-0.39, 0.29) is 16.7 Å². The summed E-state index contributed by atoms with van der Waals surface area (Å²) in [6.45, 7) is 9.05. The second-order valence-electron chi connectivity index (χ2n) is 5.90. The fraction of sp³-hybridized carbons (Fsp3) is 0.600. The van der Waals surface area contributed by atoms with Crippen LogP contribution in [0, 0.1) is 11.8 Å². The number of methoxy groups -OCH3 is 1. The maximum absolute atomic E-state index is 13.0. The number of hydrogen-bond donors (Lipinski definition) is 0. The van der Waals surface area contributed by atoms with Gasteiger partial charge in [0.25, 0.3) is 0 Å². The highest BCUT2D eigenvalue weighted by Crippen LogP contribution is 2.30. The van der Waals surface area contributed by atoms with Crippen LogP contribution >= 0.6 is 15.9 Å². The monoisotopic (exact) mass is 377 g/mol. The van der Waals surface area contributed by atoms with Crippen molar-refractivity contribution in [1.82, 2.24) is 4.31 Å². The van der Waals surface area contributed by atoms with Gasteiger partial charge < -0.3 is 4.74 Å². The molecule has 0 saturated heterocycles. The Morgan fingerprint density at radius 3 is 2.10 bits per heavy atom. The Morgan fingerprint density at radius 1 is 1.14 bits per heavy atom. The molecule has 0 N–H and O–H groups in total. The minimum atomic E-state index is -3.58. The Morgan fingerprint density at radius 2 is 1.67 bits per heavy atom. The van der Waals surface area contributed by atoms with Gasteiger partial charge in [-0.15, -0.1) is 0 Å². The molecule has 21 heavy (non-hydrogen) atoms. The molecule has 1 rings (SSSR count). The van der Waals surface area contributed by atoms with Crippen molar-refractivity contribution in [2.75, 3.05) is 20.2 Å². The maximum Gasteiger partial charge on any atom is 0.246 e. The first-order valence-corrected chi connectivity index (χ1v) is 9.25. The molecular formula is C15H24BrNO3S. The number of sulfonamides is 1. The largest absolute Gasteiger partial charge is 0.495 e. The van der Waals surface area contributed by atoms with Gasteiger partial charge in [0, 0.05) is 17.6 Å². The summed E-state index contributed by atoms with van der Waals surface area (Å²) in [6.07, 6.45) is 0. The second kappa shape index (κ2) is 7.61. The summed E-state index contributed by atoms with van der Waals surface area (Å²) in [6, 6.07) is 5.04. The van der Waals surface area contributed by atoms with Crippen LogP contribution in [0.5, 0.6) is 5.75 Å². The molecule has 0 unspecified atom stereocenters. The van der Waals surface area contributed by atoms with Crippen LogP contribution in [-0.2, 0) is 10.0 Å². The lowest BCUT2D eigenvalue weighted by atomic mass is 10.2. The molecule has 0 aliphatic carbocycles. The molecule has 0 fully saturated rings. The molecule has 0 aliphatic rings. The number of nitrogens with zero attached hydrogens (tertiary/aromatic N) is 1. The molecule has 0 heterocycles. The van der Waals surface area contributed by atoms with Gasteiger partial charge in [0.15, 0.2) is 0 Å². The quantitative estimate of drug-likeness (QED) is 0.726. The molecule has 6 heteroatoms. The molecule has 0 amide bonds. The van der Waals surface area contributed by atoms with Crippen LogP contribution in [0.15, 0.2) is 27.6 Å². The molecule has 0 aliphatic heterocycles. The Bertz CT molecular complexity index is 560. The summed E-state index contributed by atoms with van der Waals surface area (Å²) in [5.41, 5.74) is 0. The van der Waals surface area contributed by atoms with Crippen LogP contribution in [0.1, 0.15) is 27.7 Å². The third kappa shape index (κ3) is 4.97. The predicted molar refractivity (Wildman–Crippen MR) is 89.1 cm³/mol. The second-order valence-corrected chi connectivity index (χ2v) is 8.73. The van der Waals surface area contributed by atoms with Crippen LogP contribution in [0.4, 0.5) is 0 Å². The first kappa shape index (κ1) is 18.5. The fourth-order valence-electron chi connectivity index (χ4n) is 2.08. The highest BCUT2D eigenvalue weighted by Gasteiger charge is 2.29. The normalized spacial score (nSPS) is 12.4. The van der Waals surface area contributed by atoms with Gasteiger partial charge in [-0.05, 0) is 30.0 Å². The third-order valence-electron chi connectivity index (χ3n) is 2.88. The molecule has 120 valence electrons.